The second-order valence-electron chi connectivity index (χ2n) is 20.1. The fraction of sp³-hybridized carbons (Fsp3) is 0.0857. The Morgan fingerprint density at radius 3 is 1.54 bits per heavy atom. The van der Waals surface area contributed by atoms with Crippen LogP contribution in [-0.4, -0.2) is 55.5 Å². The first kappa shape index (κ1) is 54.8. The van der Waals surface area contributed by atoms with Crippen molar-refractivity contribution in [3.8, 4) is 0 Å². The lowest BCUT2D eigenvalue weighted by Crippen LogP contribution is -2.71. The third kappa shape index (κ3) is 10.8. The van der Waals surface area contributed by atoms with Crippen LogP contribution in [0.2, 0.25) is 0 Å². The van der Waals surface area contributed by atoms with Gasteiger partial charge in [-0.15, -0.1) is 34.4 Å². The zero-order valence-electron chi connectivity index (χ0n) is 45.4. The normalized spacial score (nSPS) is 15.2. The van der Waals surface area contributed by atoms with E-state index in [0.717, 1.165) is 54.7 Å². The average Bonchev–Trinajstić information content (AvgIpc) is 3.33. The molecular formula is C70H52N6O5S4. The molecule has 85 heavy (non-hydrogen) atoms. The SMILES string of the molecule is O=C(OC(c1ccccc1)c1ccccc1)C1=C(Sc2nc3ccccc3s2)CS[C@@H]2C(NC(=O)/C(=N\OC(c3ccccc3)(c3ccccc3)c3ccccc3)c3csc(NC(c4ccccc4)(c4ccccc4)c4ccccc4)n3)C(=O)N12. The minimum Gasteiger partial charge on any atom is -0.448 e. The van der Waals surface area contributed by atoms with Crippen molar-refractivity contribution in [2.24, 2.45) is 5.16 Å². The minimum atomic E-state index is -1.38. The molecule has 2 atom stereocenters. The fourth-order valence-electron chi connectivity index (χ4n) is 11.0. The Bertz CT molecular complexity index is 3930. The van der Waals surface area contributed by atoms with Crippen LogP contribution < -0.4 is 10.6 Å². The quantitative estimate of drug-likeness (QED) is 0.0265. The number of nitrogens with one attached hydrogen (secondary N) is 2. The van der Waals surface area contributed by atoms with E-state index in [9.17, 15) is 0 Å². The summed E-state index contributed by atoms with van der Waals surface area (Å²) < 4.78 is 8.24. The second-order valence-corrected chi connectivity index (χ2v) is 24.4. The summed E-state index contributed by atoms with van der Waals surface area (Å²) in [5.41, 5.74) is 5.31. The molecular weight excluding hydrogens is 1130 g/mol. The lowest BCUT2D eigenvalue weighted by molar-refractivity contribution is -0.154. The number of ether oxygens (including phenoxy) is 1. The third-order valence-corrected chi connectivity index (χ3v) is 19.4. The van der Waals surface area contributed by atoms with E-state index in [4.69, 9.17) is 24.7 Å². The number of carbonyl (C=O) groups is 3. The smallest absolute Gasteiger partial charge is 0.356 e. The van der Waals surface area contributed by atoms with Gasteiger partial charge in [-0.2, -0.15) is 0 Å². The van der Waals surface area contributed by atoms with Gasteiger partial charge in [0.25, 0.3) is 11.8 Å². The van der Waals surface area contributed by atoms with E-state index in [1.54, 1.807) is 5.38 Å². The molecule has 1 fully saturated rings. The first-order valence-corrected chi connectivity index (χ1v) is 31.1. The molecule has 11 aromatic rings. The van der Waals surface area contributed by atoms with Crippen molar-refractivity contribution >= 4 is 85.0 Å². The molecule has 416 valence electrons. The zero-order valence-corrected chi connectivity index (χ0v) is 48.6. The molecule has 1 unspecified atom stereocenters. The predicted octanol–water partition coefficient (Wildman–Crippen LogP) is 14.6. The number of thiazole rings is 2. The molecule has 0 bridgehead atoms. The molecule has 11 nitrogen and oxygen atoms in total. The van der Waals surface area contributed by atoms with Gasteiger partial charge >= 0.3 is 5.97 Å². The number of thioether (sulfide) groups is 2. The lowest BCUT2D eigenvalue weighted by Gasteiger charge is -2.49. The topological polar surface area (TPSA) is 135 Å². The molecule has 0 saturated carbocycles. The summed E-state index contributed by atoms with van der Waals surface area (Å²) in [6.45, 7) is 0. The first-order chi connectivity index (χ1) is 41.9. The molecule has 9 aromatic carbocycles. The molecule has 2 aromatic heterocycles. The summed E-state index contributed by atoms with van der Waals surface area (Å²) in [6, 6.07) is 85.7. The van der Waals surface area contributed by atoms with Crippen molar-refractivity contribution in [3.05, 3.63) is 333 Å². The number of para-hydroxylation sites is 1. The van der Waals surface area contributed by atoms with Gasteiger partial charge in [-0.1, -0.05) is 272 Å². The van der Waals surface area contributed by atoms with Gasteiger partial charge in [-0.25, -0.2) is 14.8 Å². The van der Waals surface area contributed by atoms with Crippen LogP contribution in [0, 0.1) is 0 Å². The van der Waals surface area contributed by atoms with E-state index in [1.165, 1.54) is 51.1 Å². The second kappa shape index (κ2) is 24.4. The Kier molecular flexibility index (Phi) is 15.8. The summed E-state index contributed by atoms with van der Waals surface area (Å²) in [4.78, 5) is 65.1. The highest BCUT2D eigenvalue weighted by atomic mass is 32.2. The molecule has 2 aliphatic heterocycles. The minimum absolute atomic E-state index is 0.102. The van der Waals surface area contributed by atoms with Gasteiger partial charge in [0.05, 0.1) is 10.2 Å². The highest BCUT2D eigenvalue weighted by molar-refractivity contribution is 8.07. The molecule has 1 saturated heterocycles. The highest BCUT2D eigenvalue weighted by Gasteiger charge is 2.55. The van der Waals surface area contributed by atoms with Crippen molar-refractivity contribution in [2.45, 2.75) is 33.0 Å². The average molecular weight is 1190 g/mol. The van der Waals surface area contributed by atoms with Gasteiger partial charge in [0.15, 0.2) is 21.3 Å². The number of esters is 1. The van der Waals surface area contributed by atoms with E-state index in [2.05, 4.69) is 47.0 Å². The summed E-state index contributed by atoms with van der Waals surface area (Å²) in [6.07, 6.45) is -0.791. The van der Waals surface area contributed by atoms with E-state index < -0.39 is 46.4 Å². The van der Waals surface area contributed by atoms with Crippen LogP contribution in [0.3, 0.4) is 0 Å². The van der Waals surface area contributed by atoms with Crippen LogP contribution in [-0.2, 0) is 35.1 Å². The molecule has 15 heteroatoms. The van der Waals surface area contributed by atoms with Gasteiger partial charge in [0, 0.05) is 32.7 Å². The van der Waals surface area contributed by atoms with Gasteiger partial charge in [0.1, 0.15) is 28.3 Å². The third-order valence-electron chi connectivity index (χ3n) is 15.0. The van der Waals surface area contributed by atoms with E-state index in [-0.39, 0.29) is 17.1 Å². The standard InChI is InChI=1S/C70H52N6O5S4/c77-63(73-60-64(78)76-61(58(46-82-65(60)76)85-68-72-55-43-25-26-44-57(55)84-68)66(79)80-62(47-27-9-1-10-28-47)48-29-11-2-12-30-48)59(75-81-70(52-37-19-6-20-38-52,53-39-21-7-22-40-53)54-41-23-8-24-42-54)56-45-83-67(71-56)74-69(49-31-13-3-14-32-49,50-33-15-4-16-34-50)51-35-17-5-18-36-51/h1-45,60,62,65H,46H2,(H,71,74)(H,73,77)/b75-59-/t60?,65-/m1/s1. The molecule has 13 rings (SSSR count). The molecule has 0 spiro atoms. The molecule has 2 amide bonds. The van der Waals surface area contributed by atoms with Crippen molar-refractivity contribution in [2.75, 3.05) is 11.1 Å². The fourth-order valence-corrected chi connectivity index (χ4v) is 15.4. The first-order valence-electron chi connectivity index (χ1n) is 27.5. The number of rotatable bonds is 19. The van der Waals surface area contributed by atoms with Gasteiger partial charge < -0.3 is 20.2 Å². The number of carbonyl (C=O) groups excluding carboxylic acids is 3. The van der Waals surface area contributed by atoms with Crippen LogP contribution in [0.15, 0.2) is 292 Å². The Morgan fingerprint density at radius 2 is 1.05 bits per heavy atom. The summed E-state index contributed by atoms with van der Waals surface area (Å²) in [5, 5.41) is 13.4. The number of oxime groups is 1. The van der Waals surface area contributed by atoms with Crippen LogP contribution in [0.5, 0.6) is 0 Å². The van der Waals surface area contributed by atoms with Crippen molar-refractivity contribution in [1.82, 2.24) is 20.2 Å². The number of nitrogens with zero attached hydrogens (tertiary/aromatic N) is 4. The number of fused-ring (bicyclic) bond motifs is 2. The maximum absolute atomic E-state index is 15.6. The molecule has 4 heterocycles. The summed E-state index contributed by atoms with van der Waals surface area (Å²) >= 11 is 5.60. The molecule has 0 radical (unpaired) electrons. The number of benzene rings is 9. The number of aromatic nitrogens is 2. The molecule has 2 aliphatic rings. The number of hydrogen-bond donors (Lipinski definition) is 2. The lowest BCUT2D eigenvalue weighted by atomic mass is 9.77. The van der Waals surface area contributed by atoms with Crippen LogP contribution in [0.4, 0.5) is 5.13 Å². The van der Waals surface area contributed by atoms with Crippen molar-refractivity contribution < 1.29 is 24.0 Å². The predicted molar refractivity (Wildman–Crippen MR) is 340 cm³/mol. The highest BCUT2D eigenvalue weighted by Crippen LogP contribution is 2.48. The zero-order chi connectivity index (χ0) is 57.6. The van der Waals surface area contributed by atoms with E-state index in [0.29, 0.717) is 20.1 Å². The Labute approximate surface area is 508 Å². The summed E-state index contributed by atoms with van der Waals surface area (Å²) in [5.74, 6) is -1.57. The summed E-state index contributed by atoms with van der Waals surface area (Å²) in [7, 11) is 0. The molecule has 0 aliphatic carbocycles. The number of anilines is 1. The van der Waals surface area contributed by atoms with E-state index >= 15 is 14.4 Å². The van der Waals surface area contributed by atoms with Crippen LogP contribution >= 0.6 is 46.2 Å². The van der Waals surface area contributed by atoms with Crippen LogP contribution in [0.25, 0.3) is 10.2 Å². The van der Waals surface area contributed by atoms with Gasteiger partial charge in [-0.05, 0) is 39.9 Å². The largest absolute Gasteiger partial charge is 0.448 e. The number of β-lactam (4-membered cyclic amide) rings is 1. The maximum atomic E-state index is 15.6. The van der Waals surface area contributed by atoms with Crippen molar-refractivity contribution in [3.63, 3.8) is 0 Å². The van der Waals surface area contributed by atoms with Crippen molar-refractivity contribution in [1.29, 1.82) is 0 Å². The Morgan fingerprint density at radius 1 is 0.588 bits per heavy atom. The monoisotopic (exact) mass is 1180 g/mol. The Balaban J connectivity index is 0.894. The van der Waals surface area contributed by atoms with Gasteiger partial charge in [0.2, 0.25) is 5.60 Å². The number of hydrogen-bond acceptors (Lipinski definition) is 13. The van der Waals surface area contributed by atoms with E-state index in [1.807, 2.05) is 231 Å². The number of amides is 2. The maximum Gasteiger partial charge on any atom is 0.356 e. The van der Waals surface area contributed by atoms with Gasteiger partial charge in [-0.3, -0.25) is 14.5 Å². The van der Waals surface area contributed by atoms with Crippen LogP contribution in [0.1, 0.15) is 56.3 Å². The molecule has 2 N–H and O–H groups in total. The Hall–Kier alpha value is -9.38.